The second kappa shape index (κ2) is 2.72. The molecule has 1 heterocycles. The lowest BCUT2D eigenvalue weighted by Gasteiger charge is -1.92. The molecular weight excluding hydrogens is 168 g/mol. The number of nitrogens with zero attached hydrogens (tertiary/aromatic N) is 2. The van der Waals surface area contributed by atoms with Crippen molar-refractivity contribution in [1.82, 2.24) is 4.98 Å². The zero-order chi connectivity index (χ0) is 9.26. The molecule has 0 aliphatic heterocycles. The summed E-state index contributed by atoms with van der Waals surface area (Å²) in [6, 6.07) is 4.99. The number of aldehydes is 1. The van der Waals surface area contributed by atoms with Crippen LogP contribution in [-0.2, 0) is 0 Å². The lowest BCUT2D eigenvalue weighted by molar-refractivity contribution is 0.112. The molecule has 13 heavy (non-hydrogen) atoms. The van der Waals surface area contributed by atoms with Gasteiger partial charge >= 0.3 is 0 Å². The van der Waals surface area contributed by atoms with Crippen molar-refractivity contribution in [2.75, 3.05) is 0 Å². The number of carbonyl (C=O) groups excluding carboxylic acids is 1. The first-order valence-corrected chi connectivity index (χ1v) is 3.57. The Balaban J connectivity index is 2.86. The summed E-state index contributed by atoms with van der Waals surface area (Å²) in [6.45, 7) is 0. The summed E-state index contributed by atoms with van der Waals surface area (Å²) in [7, 11) is 0. The molecule has 0 radical (unpaired) electrons. The Morgan fingerprint density at radius 2 is 2.38 bits per heavy atom. The SMILES string of the molecule is N#Cc1cc(C=O)cc2ncoc12. The van der Waals surface area contributed by atoms with Crippen molar-refractivity contribution in [2.45, 2.75) is 0 Å². The summed E-state index contributed by atoms with van der Waals surface area (Å²) >= 11 is 0. The van der Waals surface area contributed by atoms with Crippen LogP contribution in [0.5, 0.6) is 0 Å². The zero-order valence-corrected chi connectivity index (χ0v) is 6.52. The van der Waals surface area contributed by atoms with Crippen LogP contribution in [0.1, 0.15) is 15.9 Å². The largest absolute Gasteiger partial charge is 0.442 e. The molecule has 2 aromatic rings. The van der Waals surface area contributed by atoms with Crippen molar-refractivity contribution < 1.29 is 9.21 Å². The molecule has 0 N–H and O–H groups in total. The standard InChI is InChI=1S/C9H4N2O2/c10-3-7-1-6(4-12)2-8-9(7)13-5-11-8/h1-2,4-5H. The number of aromatic nitrogens is 1. The summed E-state index contributed by atoms with van der Waals surface area (Å²) < 4.78 is 4.99. The maximum absolute atomic E-state index is 10.5. The molecule has 0 saturated heterocycles. The minimum atomic E-state index is 0.331. The number of benzene rings is 1. The van der Waals surface area contributed by atoms with E-state index in [4.69, 9.17) is 9.68 Å². The highest BCUT2D eigenvalue weighted by Gasteiger charge is 2.06. The number of nitriles is 1. The molecule has 0 fully saturated rings. The van der Waals surface area contributed by atoms with Gasteiger partial charge in [0, 0.05) is 5.56 Å². The highest BCUT2D eigenvalue weighted by molar-refractivity contribution is 5.87. The maximum atomic E-state index is 10.5. The van der Waals surface area contributed by atoms with Crippen molar-refractivity contribution in [1.29, 1.82) is 5.26 Å². The van der Waals surface area contributed by atoms with Gasteiger partial charge < -0.3 is 4.42 Å². The molecular formula is C9H4N2O2. The normalized spacial score (nSPS) is 9.77. The van der Waals surface area contributed by atoms with Crippen LogP contribution in [0, 0.1) is 11.3 Å². The fraction of sp³-hybridized carbons (Fsp3) is 0. The van der Waals surface area contributed by atoms with Gasteiger partial charge in [0.15, 0.2) is 12.0 Å². The molecule has 1 aromatic carbocycles. The smallest absolute Gasteiger partial charge is 0.182 e. The van der Waals surface area contributed by atoms with Crippen molar-refractivity contribution in [3.05, 3.63) is 29.7 Å². The quantitative estimate of drug-likeness (QED) is 0.611. The van der Waals surface area contributed by atoms with Crippen molar-refractivity contribution in [3.8, 4) is 6.07 Å². The van der Waals surface area contributed by atoms with Gasteiger partial charge in [-0.15, -0.1) is 0 Å². The third-order valence-corrected chi connectivity index (χ3v) is 1.71. The summed E-state index contributed by atoms with van der Waals surface area (Å²) in [4.78, 5) is 14.3. The minimum absolute atomic E-state index is 0.331. The Bertz CT molecular complexity index is 508. The second-order valence-corrected chi connectivity index (χ2v) is 2.50. The van der Waals surface area contributed by atoms with E-state index in [-0.39, 0.29) is 0 Å². The van der Waals surface area contributed by atoms with Crippen LogP contribution in [0.4, 0.5) is 0 Å². The molecule has 0 bridgehead atoms. The fourth-order valence-electron chi connectivity index (χ4n) is 1.14. The number of hydrogen-bond donors (Lipinski definition) is 0. The van der Waals surface area contributed by atoms with Gasteiger partial charge in [-0.2, -0.15) is 5.26 Å². The van der Waals surface area contributed by atoms with Crippen LogP contribution in [-0.4, -0.2) is 11.3 Å². The molecule has 0 unspecified atom stereocenters. The highest BCUT2D eigenvalue weighted by Crippen LogP contribution is 2.18. The van der Waals surface area contributed by atoms with Crippen molar-refractivity contribution in [3.63, 3.8) is 0 Å². The number of fused-ring (bicyclic) bond motifs is 1. The summed E-state index contributed by atoms with van der Waals surface area (Å²) in [6.07, 6.45) is 1.93. The number of carbonyl (C=O) groups is 1. The van der Waals surface area contributed by atoms with Gasteiger partial charge in [0.05, 0.1) is 5.56 Å². The Labute approximate surface area is 73.4 Å². The number of rotatable bonds is 1. The summed E-state index contributed by atoms with van der Waals surface area (Å²) in [5, 5.41) is 8.72. The third-order valence-electron chi connectivity index (χ3n) is 1.71. The van der Waals surface area contributed by atoms with E-state index < -0.39 is 0 Å². The van der Waals surface area contributed by atoms with Crippen LogP contribution < -0.4 is 0 Å². The molecule has 0 atom stereocenters. The van der Waals surface area contributed by atoms with Gasteiger partial charge in [-0.25, -0.2) is 4.98 Å². The Kier molecular flexibility index (Phi) is 1.57. The molecule has 1 aromatic heterocycles. The molecule has 0 aliphatic rings. The Morgan fingerprint density at radius 1 is 1.54 bits per heavy atom. The van der Waals surface area contributed by atoms with E-state index in [1.165, 1.54) is 12.5 Å². The Hall–Kier alpha value is -2.15. The van der Waals surface area contributed by atoms with Gasteiger partial charge in [0.25, 0.3) is 0 Å². The molecule has 2 rings (SSSR count). The maximum Gasteiger partial charge on any atom is 0.182 e. The topological polar surface area (TPSA) is 66.9 Å². The third kappa shape index (κ3) is 1.07. The van der Waals surface area contributed by atoms with Crippen LogP contribution in [0.2, 0.25) is 0 Å². The van der Waals surface area contributed by atoms with Gasteiger partial charge in [-0.05, 0) is 12.1 Å². The predicted octanol–water partition coefficient (Wildman–Crippen LogP) is 1.51. The van der Waals surface area contributed by atoms with Gasteiger partial charge in [-0.3, -0.25) is 4.79 Å². The van der Waals surface area contributed by atoms with Crippen LogP contribution >= 0.6 is 0 Å². The Morgan fingerprint density at radius 3 is 3.08 bits per heavy atom. The second-order valence-electron chi connectivity index (χ2n) is 2.50. The number of hydrogen-bond acceptors (Lipinski definition) is 4. The van der Waals surface area contributed by atoms with Crippen molar-refractivity contribution >= 4 is 17.4 Å². The lowest BCUT2D eigenvalue weighted by Crippen LogP contribution is -1.83. The zero-order valence-electron chi connectivity index (χ0n) is 6.52. The first-order valence-electron chi connectivity index (χ1n) is 3.57. The monoisotopic (exact) mass is 172 g/mol. The van der Waals surface area contributed by atoms with E-state index in [1.807, 2.05) is 6.07 Å². The van der Waals surface area contributed by atoms with Crippen LogP contribution in [0.25, 0.3) is 11.1 Å². The summed E-state index contributed by atoms with van der Waals surface area (Å²) in [5.41, 5.74) is 1.71. The number of oxazole rings is 1. The van der Waals surface area contributed by atoms with E-state index in [2.05, 4.69) is 4.98 Å². The van der Waals surface area contributed by atoms with Gasteiger partial charge in [-0.1, -0.05) is 0 Å². The molecule has 0 amide bonds. The molecule has 4 nitrogen and oxygen atoms in total. The van der Waals surface area contributed by atoms with E-state index >= 15 is 0 Å². The van der Waals surface area contributed by atoms with Gasteiger partial charge in [0.2, 0.25) is 0 Å². The van der Waals surface area contributed by atoms with Crippen LogP contribution in [0.15, 0.2) is 22.9 Å². The lowest BCUT2D eigenvalue weighted by atomic mass is 10.1. The van der Waals surface area contributed by atoms with E-state index in [9.17, 15) is 4.79 Å². The fourth-order valence-corrected chi connectivity index (χ4v) is 1.14. The average molecular weight is 172 g/mol. The minimum Gasteiger partial charge on any atom is -0.442 e. The molecule has 0 saturated carbocycles. The molecule has 4 heteroatoms. The average Bonchev–Trinajstić information content (AvgIpc) is 2.63. The van der Waals surface area contributed by atoms with E-state index in [0.717, 1.165) is 0 Å². The van der Waals surface area contributed by atoms with E-state index in [1.54, 1.807) is 6.07 Å². The van der Waals surface area contributed by atoms with E-state index in [0.29, 0.717) is 28.5 Å². The van der Waals surface area contributed by atoms with Gasteiger partial charge in [0.1, 0.15) is 17.9 Å². The predicted molar refractivity (Wildman–Crippen MR) is 44.1 cm³/mol. The van der Waals surface area contributed by atoms with Crippen LogP contribution in [0.3, 0.4) is 0 Å². The molecule has 0 spiro atoms. The summed E-state index contributed by atoms with van der Waals surface area (Å²) in [5.74, 6) is 0. The van der Waals surface area contributed by atoms with Crippen molar-refractivity contribution in [2.24, 2.45) is 0 Å². The molecule has 0 aliphatic carbocycles. The first kappa shape index (κ1) is 7.50. The highest BCUT2D eigenvalue weighted by atomic mass is 16.3. The first-order chi connectivity index (χ1) is 6.35. The molecule has 62 valence electrons.